The highest BCUT2D eigenvalue weighted by atomic mass is 16.5. The van der Waals surface area contributed by atoms with Gasteiger partial charge in [0.2, 0.25) is 5.91 Å². The predicted molar refractivity (Wildman–Crippen MR) is 121 cm³/mol. The Morgan fingerprint density at radius 3 is 1.90 bits per heavy atom. The van der Waals surface area contributed by atoms with Crippen LogP contribution in [0, 0.1) is 17.8 Å². The number of ether oxygens (including phenoxy) is 1. The number of rotatable bonds is 9. The molecule has 1 amide bonds. The number of nitrogens with zero attached hydrogens (tertiary/aromatic N) is 1. The molecule has 3 nitrogen and oxygen atoms in total. The molecule has 158 valence electrons. The van der Waals surface area contributed by atoms with Crippen molar-refractivity contribution in [1.82, 2.24) is 4.90 Å². The van der Waals surface area contributed by atoms with Gasteiger partial charge in [0, 0.05) is 19.7 Å². The number of hydrogen-bond donors (Lipinski definition) is 0. The van der Waals surface area contributed by atoms with E-state index in [-0.39, 0.29) is 12.5 Å². The Hall–Kier alpha value is -2.39. The molecule has 1 fully saturated rings. The van der Waals surface area contributed by atoms with Crippen molar-refractivity contribution < 1.29 is 9.53 Å². The van der Waals surface area contributed by atoms with E-state index in [0.29, 0.717) is 19.7 Å². The van der Waals surface area contributed by atoms with E-state index in [4.69, 9.17) is 4.74 Å². The molecule has 0 N–H and O–H groups in total. The molecule has 3 heteroatoms. The summed E-state index contributed by atoms with van der Waals surface area (Å²) in [5.74, 6) is 2.59. The topological polar surface area (TPSA) is 29.5 Å². The molecule has 0 aliphatic heterocycles. The van der Waals surface area contributed by atoms with Crippen LogP contribution in [0.15, 0.2) is 72.8 Å². The van der Waals surface area contributed by atoms with E-state index in [9.17, 15) is 4.79 Å². The van der Waals surface area contributed by atoms with Crippen LogP contribution in [0.1, 0.15) is 43.2 Å². The van der Waals surface area contributed by atoms with Crippen LogP contribution >= 0.6 is 0 Å². The summed E-state index contributed by atoms with van der Waals surface area (Å²) in [6.45, 7) is 2.07. The van der Waals surface area contributed by atoms with Crippen LogP contribution < -0.4 is 0 Å². The van der Waals surface area contributed by atoms with Crippen LogP contribution in [0.3, 0.4) is 0 Å². The Balaban J connectivity index is 1.26. The number of amides is 1. The lowest BCUT2D eigenvalue weighted by Gasteiger charge is -2.23. The molecule has 0 spiro atoms. The molecule has 0 aromatic heterocycles. The molecule has 2 aromatic carbocycles. The monoisotopic (exact) mass is 403 g/mol. The molecule has 2 aliphatic rings. The van der Waals surface area contributed by atoms with Gasteiger partial charge in [-0.2, -0.15) is 0 Å². The summed E-state index contributed by atoms with van der Waals surface area (Å²) < 4.78 is 5.86. The summed E-state index contributed by atoms with van der Waals surface area (Å²) in [7, 11) is 0. The maximum atomic E-state index is 12.9. The molecule has 1 unspecified atom stereocenters. The van der Waals surface area contributed by atoms with Crippen LogP contribution in [-0.4, -0.2) is 24.0 Å². The van der Waals surface area contributed by atoms with E-state index >= 15 is 0 Å². The summed E-state index contributed by atoms with van der Waals surface area (Å²) in [6, 6.07) is 20.4. The van der Waals surface area contributed by atoms with E-state index in [2.05, 4.69) is 36.4 Å². The molecule has 0 radical (unpaired) electrons. The maximum Gasteiger partial charge on any atom is 0.249 e. The first-order valence-electron chi connectivity index (χ1n) is 11.4. The second kappa shape index (κ2) is 10.6. The largest absolute Gasteiger partial charge is 0.372 e. The Morgan fingerprint density at radius 1 is 0.833 bits per heavy atom. The van der Waals surface area contributed by atoms with Crippen molar-refractivity contribution in [3.8, 4) is 0 Å². The third kappa shape index (κ3) is 5.82. The average molecular weight is 404 g/mol. The molecule has 4 rings (SSSR count). The minimum Gasteiger partial charge on any atom is -0.372 e. The van der Waals surface area contributed by atoms with Crippen LogP contribution in [0.25, 0.3) is 0 Å². The van der Waals surface area contributed by atoms with Crippen LogP contribution in [0.2, 0.25) is 0 Å². The highest BCUT2D eigenvalue weighted by Crippen LogP contribution is 2.44. The van der Waals surface area contributed by atoms with E-state index in [1.165, 1.54) is 25.7 Å². The van der Waals surface area contributed by atoms with Crippen molar-refractivity contribution in [1.29, 1.82) is 0 Å². The summed E-state index contributed by atoms with van der Waals surface area (Å²) >= 11 is 0. The molecule has 0 bridgehead atoms. The third-order valence-corrected chi connectivity index (χ3v) is 6.66. The number of hydrogen-bond acceptors (Lipinski definition) is 2. The van der Waals surface area contributed by atoms with Gasteiger partial charge in [-0.15, -0.1) is 0 Å². The van der Waals surface area contributed by atoms with Gasteiger partial charge in [0.15, 0.2) is 0 Å². The van der Waals surface area contributed by atoms with Crippen molar-refractivity contribution >= 4 is 5.91 Å². The quantitative estimate of drug-likeness (QED) is 0.402. The Labute approximate surface area is 180 Å². The standard InChI is InChI=1S/C27H33NO2/c29-27(21-30-16-15-24-17-25-13-7-8-14-26(25)18-24)28(19-22-9-3-1-4-10-22)20-23-11-5-2-6-12-23/h1-12,24-26H,13-21H2/t24?,25-,26+. The molecule has 30 heavy (non-hydrogen) atoms. The molecular formula is C27H33NO2. The third-order valence-electron chi connectivity index (χ3n) is 6.66. The number of benzene rings is 2. The minimum atomic E-state index is 0.0620. The molecule has 2 aliphatic carbocycles. The highest BCUT2D eigenvalue weighted by Gasteiger charge is 2.33. The van der Waals surface area contributed by atoms with Crippen molar-refractivity contribution in [3.05, 3.63) is 83.9 Å². The van der Waals surface area contributed by atoms with Gasteiger partial charge in [0.1, 0.15) is 6.61 Å². The maximum absolute atomic E-state index is 12.9. The van der Waals surface area contributed by atoms with E-state index in [1.54, 1.807) is 0 Å². The van der Waals surface area contributed by atoms with Gasteiger partial charge < -0.3 is 9.64 Å². The van der Waals surface area contributed by atoms with Crippen LogP contribution in [0.4, 0.5) is 0 Å². The van der Waals surface area contributed by atoms with Crippen LogP contribution in [-0.2, 0) is 22.6 Å². The first-order valence-corrected chi connectivity index (χ1v) is 11.4. The molecule has 0 saturated heterocycles. The smallest absolute Gasteiger partial charge is 0.249 e. The van der Waals surface area contributed by atoms with Gasteiger partial charge in [-0.25, -0.2) is 0 Å². The van der Waals surface area contributed by atoms with Gasteiger partial charge in [0.05, 0.1) is 0 Å². The summed E-state index contributed by atoms with van der Waals surface area (Å²) in [5, 5.41) is 0. The summed E-state index contributed by atoms with van der Waals surface area (Å²) in [4.78, 5) is 14.8. The van der Waals surface area contributed by atoms with Gasteiger partial charge in [0.25, 0.3) is 0 Å². The minimum absolute atomic E-state index is 0.0620. The summed E-state index contributed by atoms with van der Waals surface area (Å²) in [6.07, 6.45) is 11.0. The van der Waals surface area contributed by atoms with E-state index < -0.39 is 0 Å². The first kappa shape index (κ1) is 20.9. The fourth-order valence-corrected chi connectivity index (χ4v) is 5.03. The average Bonchev–Trinajstić information content (AvgIpc) is 3.20. The molecule has 0 heterocycles. The Kier molecular flexibility index (Phi) is 7.36. The first-order chi connectivity index (χ1) is 14.8. The van der Waals surface area contributed by atoms with Gasteiger partial charge in [-0.1, -0.05) is 72.8 Å². The zero-order chi connectivity index (χ0) is 20.6. The highest BCUT2D eigenvalue weighted by molar-refractivity contribution is 5.77. The zero-order valence-corrected chi connectivity index (χ0v) is 17.8. The van der Waals surface area contributed by atoms with Gasteiger partial charge in [-0.3, -0.25) is 4.79 Å². The van der Waals surface area contributed by atoms with Crippen molar-refractivity contribution in [3.63, 3.8) is 0 Å². The van der Waals surface area contributed by atoms with Crippen LogP contribution in [0.5, 0.6) is 0 Å². The Morgan fingerprint density at radius 2 is 1.37 bits per heavy atom. The number of fused-ring (bicyclic) bond motifs is 1. The molecule has 3 atom stereocenters. The number of carbonyl (C=O) groups excluding carboxylic acids is 1. The lowest BCUT2D eigenvalue weighted by molar-refractivity contribution is -0.137. The lowest BCUT2D eigenvalue weighted by Crippen LogP contribution is -2.33. The van der Waals surface area contributed by atoms with E-state index in [1.807, 2.05) is 41.3 Å². The van der Waals surface area contributed by atoms with Crippen molar-refractivity contribution in [2.75, 3.05) is 13.2 Å². The SMILES string of the molecule is O=C(COCCC1C[C@H]2CC=CC[C@H]2C1)N(Cc1ccccc1)Cc1ccccc1. The van der Waals surface area contributed by atoms with Gasteiger partial charge in [-0.05, 0) is 61.0 Å². The second-order valence-corrected chi connectivity index (χ2v) is 8.86. The fourth-order valence-electron chi connectivity index (χ4n) is 5.03. The second-order valence-electron chi connectivity index (χ2n) is 8.86. The number of carbonyl (C=O) groups is 1. The molecule has 1 saturated carbocycles. The van der Waals surface area contributed by atoms with Gasteiger partial charge >= 0.3 is 0 Å². The predicted octanol–water partition coefficient (Wildman–Crippen LogP) is 5.61. The zero-order valence-electron chi connectivity index (χ0n) is 17.8. The molecular weight excluding hydrogens is 370 g/mol. The van der Waals surface area contributed by atoms with E-state index in [0.717, 1.165) is 35.3 Å². The van der Waals surface area contributed by atoms with Crippen molar-refractivity contribution in [2.24, 2.45) is 17.8 Å². The normalized spacial score (nSPS) is 22.6. The molecule has 2 aromatic rings. The summed E-state index contributed by atoms with van der Waals surface area (Å²) in [5.41, 5.74) is 2.29. The lowest BCUT2D eigenvalue weighted by atomic mass is 9.86. The Bertz CT molecular complexity index is 760. The van der Waals surface area contributed by atoms with Crippen molar-refractivity contribution in [2.45, 2.75) is 45.2 Å². The fraction of sp³-hybridized carbons (Fsp3) is 0.444. The number of allylic oxidation sites excluding steroid dienone is 2.